The highest BCUT2D eigenvalue weighted by atomic mass is 16.5. The third kappa shape index (κ3) is 4.78. The molecule has 1 aromatic heterocycles. The molecule has 1 heterocycles. The number of aromatic nitrogens is 2. The standard InChI is InChI=1S/C22H24N4O4/c1-5-30-17-8-6-7-16(11-17)18-13-19(25-24-18)22(27)26-23-14(2)15-9-10-20(28-3)21(12-15)29-4/h6-13H,5H2,1-4H3,(H,24,25)(H,26,27). The molecule has 0 fully saturated rings. The van der Waals surface area contributed by atoms with Crippen LogP contribution >= 0.6 is 0 Å². The Bertz CT molecular complexity index is 1060. The number of hydrogen-bond acceptors (Lipinski definition) is 6. The SMILES string of the molecule is CCOc1cccc(-c2cc(C(=O)NN=C(C)c3ccc(OC)c(OC)c3)[nH]n2)c1. The maximum atomic E-state index is 12.5. The van der Waals surface area contributed by atoms with Crippen LogP contribution in [0.15, 0.2) is 53.6 Å². The van der Waals surface area contributed by atoms with Crippen LogP contribution in [-0.4, -0.2) is 42.6 Å². The summed E-state index contributed by atoms with van der Waals surface area (Å²) in [4.78, 5) is 12.5. The summed E-state index contributed by atoms with van der Waals surface area (Å²) >= 11 is 0. The van der Waals surface area contributed by atoms with Gasteiger partial charge in [-0.3, -0.25) is 9.89 Å². The molecule has 2 N–H and O–H groups in total. The Labute approximate surface area is 174 Å². The van der Waals surface area contributed by atoms with Gasteiger partial charge in [0.2, 0.25) is 0 Å². The van der Waals surface area contributed by atoms with E-state index < -0.39 is 5.91 Å². The third-order valence-electron chi connectivity index (χ3n) is 4.39. The summed E-state index contributed by atoms with van der Waals surface area (Å²) in [6.45, 7) is 4.29. The molecule has 0 spiro atoms. The lowest BCUT2D eigenvalue weighted by Crippen LogP contribution is -2.19. The fourth-order valence-corrected chi connectivity index (χ4v) is 2.82. The smallest absolute Gasteiger partial charge is 0.289 e. The van der Waals surface area contributed by atoms with Crippen molar-refractivity contribution in [3.05, 3.63) is 59.8 Å². The number of H-pyrrole nitrogens is 1. The van der Waals surface area contributed by atoms with Gasteiger partial charge in [0.1, 0.15) is 11.4 Å². The van der Waals surface area contributed by atoms with Crippen molar-refractivity contribution in [2.24, 2.45) is 5.10 Å². The molecule has 156 valence electrons. The fraction of sp³-hybridized carbons (Fsp3) is 0.227. The highest BCUT2D eigenvalue weighted by Crippen LogP contribution is 2.27. The Hall–Kier alpha value is -3.81. The molecule has 30 heavy (non-hydrogen) atoms. The number of nitrogens with zero attached hydrogens (tertiary/aromatic N) is 2. The first-order valence-electron chi connectivity index (χ1n) is 9.41. The van der Waals surface area contributed by atoms with Crippen LogP contribution in [0, 0.1) is 0 Å². The van der Waals surface area contributed by atoms with Gasteiger partial charge in [0.25, 0.3) is 5.91 Å². The maximum absolute atomic E-state index is 12.5. The summed E-state index contributed by atoms with van der Waals surface area (Å²) in [7, 11) is 3.14. The molecule has 0 aliphatic carbocycles. The number of carbonyl (C=O) groups excluding carboxylic acids is 1. The van der Waals surface area contributed by atoms with Crippen molar-refractivity contribution in [3.8, 4) is 28.5 Å². The number of hydrazone groups is 1. The summed E-state index contributed by atoms with van der Waals surface area (Å²) in [6.07, 6.45) is 0. The lowest BCUT2D eigenvalue weighted by atomic mass is 10.1. The fourth-order valence-electron chi connectivity index (χ4n) is 2.82. The van der Waals surface area contributed by atoms with Gasteiger partial charge in [-0.15, -0.1) is 0 Å². The number of aromatic amines is 1. The summed E-state index contributed by atoms with van der Waals surface area (Å²) < 4.78 is 16.0. The monoisotopic (exact) mass is 408 g/mol. The first kappa shape index (κ1) is 20.9. The molecular weight excluding hydrogens is 384 g/mol. The molecule has 0 saturated heterocycles. The Morgan fingerprint density at radius 2 is 1.90 bits per heavy atom. The molecule has 0 aliphatic heterocycles. The number of benzene rings is 2. The first-order chi connectivity index (χ1) is 14.5. The molecule has 0 aliphatic rings. The van der Waals surface area contributed by atoms with E-state index in [0.717, 1.165) is 16.9 Å². The molecule has 8 heteroatoms. The topological polar surface area (TPSA) is 97.8 Å². The number of ether oxygens (including phenoxy) is 3. The van der Waals surface area contributed by atoms with Gasteiger partial charge < -0.3 is 14.2 Å². The van der Waals surface area contributed by atoms with Crippen molar-refractivity contribution in [1.29, 1.82) is 0 Å². The predicted molar refractivity (Wildman–Crippen MR) is 114 cm³/mol. The van der Waals surface area contributed by atoms with Crippen molar-refractivity contribution in [1.82, 2.24) is 15.6 Å². The third-order valence-corrected chi connectivity index (χ3v) is 4.39. The second kappa shape index (κ2) is 9.60. The van der Waals surface area contributed by atoms with Gasteiger partial charge in [-0.1, -0.05) is 12.1 Å². The zero-order valence-electron chi connectivity index (χ0n) is 17.4. The Balaban J connectivity index is 1.72. The summed E-state index contributed by atoms with van der Waals surface area (Å²) in [5.74, 6) is 1.56. The predicted octanol–water partition coefficient (Wildman–Crippen LogP) is 3.65. The van der Waals surface area contributed by atoms with E-state index in [2.05, 4.69) is 20.7 Å². The molecule has 8 nitrogen and oxygen atoms in total. The van der Waals surface area contributed by atoms with Gasteiger partial charge in [-0.05, 0) is 50.2 Å². The van der Waals surface area contributed by atoms with Crippen LogP contribution in [0.5, 0.6) is 17.2 Å². The number of nitrogens with one attached hydrogen (secondary N) is 2. The zero-order chi connectivity index (χ0) is 21.5. The van der Waals surface area contributed by atoms with Crippen LogP contribution in [0.4, 0.5) is 0 Å². The van der Waals surface area contributed by atoms with Crippen LogP contribution in [0.3, 0.4) is 0 Å². The highest BCUT2D eigenvalue weighted by Gasteiger charge is 2.12. The normalized spacial score (nSPS) is 11.1. The number of hydrogen-bond donors (Lipinski definition) is 2. The molecule has 0 saturated carbocycles. The van der Waals surface area contributed by atoms with E-state index in [9.17, 15) is 4.79 Å². The molecule has 0 radical (unpaired) electrons. The van der Waals surface area contributed by atoms with E-state index in [1.807, 2.05) is 37.3 Å². The quantitative estimate of drug-likeness (QED) is 0.438. The van der Waals surface area contributed by atoms with Crippen LogP contribution in [0.1, 0.15) is 29.9 Å². The van der Waals surface area contributed by atoms with Crippen LogP contribution in [-0.2, 0) is 0 Å². The molecule has 0 unspecified atom stereocenters. The zero-order valence-corrected chi connectivity index (χ0v) is 17.4. The Morgan fingerprint density at radius 1 is 1.10 bits per heavy atom. The Morgan fingerprint density at radius 3 is 2.63 bits per heavy atom. The van der Waals surface area contributed by atoms with Crippen molar-refractivity contribution >= 4 is 11.6 Å². The van der Waals surface area contributed by atoms with E-state index in [4.69, 9.17) is 14.2 Å². The van der Waals surface area contributed by atoms with Gasteiger partial charge in [-0.2, -0.15) is 10.2 Å². The highest BCUT2D eigenvalue weighted by molar-refractivity contribution is 6.01. The van der Waals surface area contributed by atoms with Crippen molar-refractivity contribution in [3.63, 3.8) is 0 Å². The van der Waals surface area contributed by atoms with Gasteiger partial charge in [0, 0.05) is 11.1 Å². The molecule has 1 amide bonds. The largest absolute Gasteiger partial charge is 0.494 e. The van der Waals surface area contributed by atoms with E-state index in [-0.39, 0.29) is 0 Å². The van der Waals surface area contributed by atoms with E-state index >= 15 is 0 Å². The van der Waals surface area contributed by atoms with Crippen LogP contribution in [0.2, 0.25) is 0 Å². The summed E-state index contributed by atoms with van der Waals surface area (Å²) in [5.41, 5.74) is 5.75. The molecule has 3 rings (SSSR count). The van der Waals surface area contributed by atoms with Crippen molar-refractivity contribution in [2.75, 3.05) is 20.8 Å². The van der Waals surface area contributed by atoms with Crippen molar-refractivity contribution in [2.45, 2.75) is 13.8 Å². The summed E-state index contributed by atoms with van der Waals surface area (Å²) in [6, 6.07) is 14.6. The van der Waals surface area contributed by atoms with E-state index in [1.54, 1.807) is 39.3 Å². The molecule has 0 bridgehead atoms. The molecular formula is C22H24N4O4. The van der Waals surface area contributed by atoms with Crippen molar-refractivity contribution < 1.29 is 19.0 Å². The second-order valence-electron chi connectivity index (χ2n) is 6.34. The lowest BCUT2D eigenvalue weighted by molar-refractivity contribution is 0.0950. The molecule has 0 atom stereocenters. The maximum Gasteiger partial charge on any atom is 0.289 e. The van der Waals surface area contributed by atoms with E-state index in [0.29, 0.717) is 35.2 Å². The minimum absolute atomic E-state index is 0.302. The number of methoxy groups -OCH3 is 2. The van der Waals surface area contributed by atoms with Gasteiger partial charge in [0.15, 0.2) is 11.5 Å². The molecule has 2 aromatic carbocycles. The average molecular weight is 408 g/mol. The second-order valence-corrected chi connectivity index (χ2v) is 6.34. The Kier molecular flexibility index (Phi) is 6.69. The minimum atomic E-state index is -0.394. The summed E-state index contributed by atoms with van der Waals surface area (Å²) in [5, 5.41) is 11.1. The van der Waals surface area contributed by atoms with Crippen LogP contribution in [0.25, 0.3) is 11.3 Å². The number of amides is 1. The van der Waals surface area contributed by atoms with Crippen LogP contribution < -0.4 is 19.6 Å². The van der Waals surface area contributed by atoms with E-state index in [1.165, 1.54) is 0 Å². The lowest BCUT2D eigenvalue weighted by Gasteiger charge is -2.09. The van der Waals surface area contributed by atoms with Gasteiger partial charge >= 0.3 is 0 Å². The number of rotatable bonds is 8. The molecule has 3 aromatic rings. The minimum Gasteiger partial charge on any atom is -0.494 e. The van der Waals surface area contributed by atoms with Gasteiger partial charge in [-0.25, -0.2) is 5.43 Å². The number of carbonyl (C=O) groups is 1. The average Bonchev–Trinajstić information content (AvgIpc) is 3.27. The van der Waals surface area contributed by atoms with Gasteiger partial charge in [0.05, 0.1) is 32.2 Å². The first-order valence-corrected chi connectivity index (χ1v) is 9.41.